The summed E-state index contributed by atoms with van der Waals surface area (Å²) in [5.74, 6) is 0. The van der Waals surface area contributed by atoms with E-state index in [9.17, 15) is 10.1 Å². The first-order chi connectivity index (χ1) is 9.08. The molecule has 2 rings (SSSR count). The van der Waals surface area contributed by atoms with E-state index in [0.717, 1.165) is 25.1 Å². The maximum Gasteiger partial charge on any atom is 0.292 e. The lowest BCUT2D eigenvalue weighted by Gasteiger charge is -2.29. The number of nitro benzene ring substituents is 1. The van der Waals surface area contributed by atoms with Crippen molar-refractivity contribution in [2.24, 2.45) is 0 Å². The molecular formula is C14H21N3O2. The number of nitro groups is 1. The highest BCUT2D eigenvalue weighted by Gasteiger charge is 2.20. The van der Waals surface area contributed by atoms with Crippen molar-refractivity contribution in [3.8, 4) is 0 Å². The number of nitrogens with one attached hydrogen (secondary N) is 1. The van der Waals surface area contributed by atoms with Crippen molar-refractivity contribution in [2.45, 2.75) is 32.2 Å². The van der Waals surface area contributed by atoms with Gasteiger partial charge in [-0.3, -0.25) is 10.1 Å². The zero-order valence-corrected chi connectivity index (χ0v) is 11.6. The standard InChI is InChI=1S/C14H21N3O2/c1-11-6-7-13(14(9-11)17(18)19)16(2)10-12-5-3-4-8-15-12/h6-7,9,12,15H,3-5,8,10H2,1-2H3. The lowest BCUT2D eigenvalue weighted by atomic mass is 10.0. The molecule has 0 saturated carbocycles. The minimum atomic E-state index is -0.298. The second-order valence-electron chi connectivity index (χ2n) is 5.28. The Morgan fingerprint density at radius 2 is 2.26 bits per heavy atom. The number of piperidine rings is 1. The Morgan fingerprint density at radius 1 is 1.47 bits per heavy atom. The SMILES string of the molecule is Cc1ccc(N(C)CC2CCCCN2)c([N+](=O)[O-])c1. The second kappa shape index (κ2) is 6.02. The Kier molecular flexibility index (Phi) is 4.37. The van der Waals surface area contributed by atoms with Crippen LogP contribution in [0.15, 0.2) is 18.2 Å². The van der Waals surface area contributed by atoms with E-state index in [4.69, 9.17) is 0 Å². The zero-order valence-electron chi connectivity index (χ0n) is 11.6. The fourth-order valence-corrected chi connectivity index (χ4v) is 2.61. The van der Waals surface area contributed by atoms with Gasteiger partial charge >= 0.3 is 0 Å². The van der Waals surface area contributed by atoms with Crippen LogP contribution in [0.2, 0.25) is 0 Å². The van der Waals surface area contributed by atoms with Crippen molar-refractivity contribution in [3.63, 3.8) is 0 Å². The molecule has 1 aliphatic heterocycles. The number of hydrogen-bond donors (Lipinski definition) is 1. The number of nitrogens with zero attached hydrogens (tertiary/aromatic N) is 2. The number of benzene rings is 1. The molecule has 1 aromatic carbocycles. The van der Waals surface area contributed by atoms with Crippen LogP contribution in [0.5, 0.6) is 0 Å². The molecule has 1 atom stereocenters. The average Bonchev–Trinajstić information content (AvgIpc) is 2.39. The van der Waals surface area contributed by atoms with Crippen molar-refractivity contribution in [1.29, 1.82) is 0 Å². The smallest absolute Gasteiger partial charge is 0.292 e. The van der Waals surface area contributed by atoms with E-state index in [1.54, 1.807) is 6.07 Å². The summed E-state index contributed by atoms with van der Waals surface area (Å²) in [6.45, 7) is 3.73. The van der Waals surface area contributed by atoms with Gasteiger partial charge in [0.25, 0.3) is 5.69 Å². The van der Waals surface area contributed by atoms with Crippen molar-refractivity contribution in [1.82, 2.24) is 5.32 Å². The Labute approximate surface area is 113 Å². The van der Waals surface area contributed by atoms with Gasteiger partial charge in [-0.15, -0.1) is 0 Å². The summed E-state index contributed by atoms with van der Waals surface area (Å²) in [7, 11) is 1.92. The zero-order chi connectivity index (χ0) is 13.8. The van der Waals surface area contributed by atoms with Gasteiger partial charge in [-0.1, -0.05) is 12.5 Å². The molecule has 104 valence electrons. The van der Waals surface area contributed by atoms with Crippen molar-refractivity contribution in [2.75, 3.05) is 25.0 Å². The van der Waals surface area contributed by atoms with E-state index >= 15 is 0 Å². The van der Waals surface area contributed by atoms with Crippen LogP contribution in [-0.2, 0) is 0 Å². The monoisotopic (exact) mass is 263 g/mol. The number of likely N-dealkylation sites (N-methyl/N-ethyl adjacent to an activating group) is 1. The third kappa shape index (κ3) is 3.44. The molecule has 0 amide bonds. The van der Waals surface area contributed by atoms with Gasteiger partial charge in [-0.25, -0.2) is 0 Å². The number of anilines is 1. The maximum absolute atomic E-state index is 11.1. The number of hydrogen-bond acceptors (Lipinski definition) is 4. The lowest BCUT2D eigenvalue weighted by Crippen LogP contribution is -2.42. The quantitative estimate of drug-likeness (QED) is 0.669. The summed E-state index contributed by atoms with van der Waals surface area (Å²) in [6, 6.07) is 5.84. The highest BCUT2D eigenvalue weighted by molar-refractivity contribution is 5.64. The summed E-state index contributed by atoms with van der Waals surface area (Å²) >= 11 is 0. The summed E-state index contributed by atoms with van der Waals surface area (Å²) in [4.78, 5) is 12.8. The van der Waals surface area contributed by atoms with Crippen LogP contribution >= 0.6 is 0 Å². The molecule has 1 aromatic rings. The predicted octanol–water partition coefficient (Wildman–Crippen LogP) is 2.48. The van der Waals surface area contributed by atoms with Crippen molar-refractivity contribution < 1.29 is 4.92 Å². The minimum Gasteiger partial charge on any atom is -0.367 e. The van der Waals surface area contributed by atoms with Gasteiger partial charge in [0.05, 0.1) is 4.92 Å². The van der Waals surface area contributed by atoms with Crippen LogP contribution < -0.4 is 10.2 Å². The van der Waals surface area contributed by atoms with Crippen LogP contribution in [0, 0.1) is 17.0 Å². The molecule has 1 saturated heterocycles. The summed E-state index contributed by atoms with van der Waals surface area (Å²) in [6.07, 6.45) is 3.61. The fraction of sp³-hybridized carbons (Fsp3) is 0.571. The molecule has 0 aromatic heterocycles. The molecule has 1 unspecified atom stereocenters. The molecule has 0 bridgehead atoms. The van der Waals surface area contributed by atoms with Crippen molar-refractivity contribution >= 4 is 11.4 Å². The van der Waals surface area contributed by atoms with Gasteiger partial charge < -0.3 is 10.2 Å². The molecular weight excluding hydrogens is 242 g/mol. The average molecular weight is 263 g/mol. The molecule has 1 N–H and O–H groups in total. The first kappa shape index (κ1) is 13.8. The van der Waals surface area contributed by atoms with Gasteiger partial charge in [0.2, 0.25) is 0 Å². The second-order valence-corrected chi connectivity index (χ2v) is 5.28. The van der Waals surface area contributed by atoms with Gasteiger partial charge in [0, 0.05) is 25.7 Å². The summed E-state index contributed by atoms with van der Waals surface area (Å²) in [5, 5.41) is 14.6. The Bertz CT molecular complexity index is 456. The van der Waals surface area contributed by atoms with E-state index in [-0.39, 0.29) is 10.6 Å². The highest BCUT2D eigenvalue weighted by atomic mass is 16.6. The van der Waals surface area contributed by atoms with E-state index < -0.39 is 0 Å². The van der Waals surface area contributed by atoms with E-state index in [0.29, 0.717) is 11.7 Å². The number of rotatable bonds is 4. The van der Waals surface area contributed by atoms with Crippen LogP contribution in [0.4, 0.5) is 11.4 Å². The molecule has 1 heterocycles. The predicted molar refractivity (Wildman–Crippen MR) is 76.7 cm³/mol. The summed E-state index contributed by atoms with van der Waals surface area (Å²) in [5.41, 5.74) is 1.81. The van der Waals surface area contributed by atoms with Crippen molar-refractivity contribution in [3.05, 3.63) is 33.9 Å². The maximum atomic E-state index is 11.1. The Morgan fingerprint density at radius 3 is 2.89 bits per heavy atom. The third-order valence-electron chi connectivity index (χ3n) is 3.65. The molecule has 5 heteroatoms. The minimum absolute atomic E-state index is 0.193. The van der Waals surface area contributed by atoms with Crippen LogP contribution in [0.25, 0.3) is 0 Å². The number of aryl methyl sites for hydroxylation is 1. The molecule has 1 aliphatic rings. The van der Waals surface area contributed by atoms with Crippen LogP contribution in [0.1, 0.15) is 24.8 Å². The molecule has 0 aliphatic carbocycles. The Hall–Kier alpha value is -1.62. The topological polar surface area (TPSA) is 58.4 Å². The van der Waals surface area contributed by atoms with Crippen LogP contribution in [-0.4, -0.2) is 31.1 Å². The lowest BCUT2D eigenvalue weighted by molar-refractivity contribution is -0.384. The largest absolute Gasteiger partial charge is 0.367 e. The summed E-state index contributed by atoms with van der Waals surface area (Å²) < 4.78 is 0. The fourth-order valence-electron chi connectivity index (χ4n) is 2.61. The first-order valence-corrected chi connectivity index (χ1v) is 6.77. The van der Waals surface area contributed by atoms with Gasteiger partial charge in [0.1, 0.15) is 5.69 Å². The normalized spacial score (nSPS) is 19.2. The molecule has 1 fully saturated rings. The van der Waals surface area contributed by atoms with E-state index in [1.807, 2.05) is 31.0 Å². The molecule has 0 spiro atoms. The third-order valence-corrected chi connectivity index (χ3v) is 3.65. The highest BCUT2D eigenvalue weighted by Crippen LogP contribution is 2.28. The van der Waals surface area contributed by atoms with Crippen LogP contribution in [0.3, 0.4) is 0 Å². The Balaban J connectivity index is 2.13. The van der Waals surface area contributed by atoms with E-state index in [2.05, 4.69) is 5.32 Å². The van der Waals surface area contributed by atoms with Gasteiger partial charge in [0.15, 0.2) is 0 Å². The molecule has 5 nitrogen and oxygen atoms in total. The van der Waals surface area contributed by atoms with E-state index in [1.165, 1.54) is 12.8 Å². The van der Waals surface area contributed by atoms with Gasteiger partial charge in [-0.2, -0.15) is 0 Å². The van der Waals surface area contributed by atoms with Gasteiger partial charge in [-0.05, 0) is 37.9 Å². The first-order valence-electron chi connectivity index (χ1n) is 6.77. The molecule has 19 heavy (non-hydrogen) atoms. The molecule has 0 radical (unpaired) electrons.